The molecule has 2 N–H and O–H groups in total. The van der Waals surface area contributed by atoms with Crippen LogP contribution in [0.4, 0.5) is 0 Å². The molecule has 0 saturated carbocycles. The minimum absolute atomic E-state index is 0.00764. The van der Waals surface area contributed by atoms with Gasteiger partial charge >= 0.3 is 0 Å². The van der Waals surface area contributed by atoms with Gasteiger partial charge < -0.3 is 14.6 Å². The van der Waals surface area contributed by atoms with Gasteiger partial charge in [0.25, 0.3) is 5.91 Å². The van der Waals surface area contributed by atoms with E-state index in [2.05, 4.69) is 26.5 Å². The van der Waals surface area contributed by atoms with Crippen LogP contribution in [-0.4, -0.2) is 30.9 Å². The fraction of sp³-hybridized carbons (Fsp3) is 0.125. The van der Waals surface area contributed by atoms with Crippen LogP contribution in [0.15, 0.2) is 46.0 Å². The highest BCUT2D eigenvalue weighted by atomic mass is 79.9. The van der Waals surface area contributed by atoms with Gasteiger partial charge in [-0.3, -0.25) is 4.79 Å². The molecule has 0 aromatic heterocycles. The molecule has 0 heterocycles. The molecule has 0 fully saturated rings. The molecule has 8 heteroatoms. The summed E-state index contributed by atoms with van der Waals surface area (Å²) in [6.45, 7) is -0.239. The lowest BCUT2D eigenvalue weighted by Gasteiger charge is -2.10. The molecule has 6 nitrogen and oxygen atoms in total. The summed E-state index contributed by atoms with van der Waals surface area (Å²) in [4.78, 5) is 11.7. The first-order chi connectivity index (χ1) is 11.5. The van der Waals surface area contributed by atoms with Crippen molar-refractivity contribution >= 4 is 39.7 Å². The molecular weight excluding hydrogens is 400 g/mol. The third-order valence-electron chi connectivity index (χ3n) is 2.87. The minimum atomic E-state index is -0.460. The molecule has 24 heavy (non-hydrogen) atoms. The number of nitrogens with one attached hydrogen (secondary N) is 1. The maximum absolute atomic E-state index is 11.7. The number of hydrazone groups is 1. The number of carbonyl (C=O) groups is 1. The number of ether oxygens (including phenoxy) is 2. The van der Waals surface area contributed by atoms with Crippen LogP contribution in [0.25, 0.3) is 0 Å². The number of nitrogens with zero attached hydrogens (tertiary/aromatic N) is 1. The van der Waals surface area contributed by atoms with Crippen molar-refractivity contribution in [3.05, 3.63) is 51.5 Å². The number of hydrogen-bond donors (Lipinski definition) is 2. The van der Waals surface area contributed by atoms with E-state index < -0.39 is 5.91 Å². The minimum Gasteiger partial charge on any atom is -0.507 e. The molecule has 1 amide bonds. The molecule has 126 valence electrons. The summed E-state index contributed by atoms with van der Waals surface area (Å²) in [6, 6.07) is 9.70. The Bertz CT molecular complexity index is 768. The monoisotopic (exact) mass is 412 g/mol. The van der Waals surface area contributed by atoms with Crippen LogP contribution >= 0.6 is 27.5 Å². The van der Waals surface area contributed by atoms with Crippen molar-refractivity contribution in [2.45, 2.75) is 0 Å². The smallest absolute Gasteiger partial charge is 0.277 e. The molecular formula is C16H14BrClN2O4. The zero-order valence-electron chi connectivity index (χ0n) is 12.6. The topological polar surface area (TPSA) is 80.2 Å². The van der Waals surface area contributed by atoms with E-state index in [1.807, 2.05) is 0 Å². The lowest BCUT2D eigenvalue weighted by molar-refractivity contribution is -0.123. The van der Waals surface area contributed by atoms with E-state index in [4.69, 9.17) is 21.1 Å². The molecule has 0 radical (unpaired) electrons. The molecule has 0 saturated heterocycles. The molecule has 0 spiro atoms. The summed E-state index contributed by atoms with van der Waals surface area (Å²) in [5.74, 6) is 0.489. The van der Waals surface area contributed by atoms with Crippen LogP contribution in [0.3, 0.4) is 0 Å². The van der Waals surface area contributed by atoms with Crippen LogP contribution in [0.5, 0.6) is 17.2 Å². The van der Waals surface area contributed by atoms with Crippen LogP contribution in [0.2, 0.25) is 5.02 Å². The molecule has 0 aliphatic carbocycles. The second-order valence-electron chi connectivity index (χ2n) is 4.58. The molecule has 2 aromatic rings. The van der Waals surface area contributed by atoms with Gasteiger partial charge in [0.05, 0.1) is 13.3 Å². The number of methoxy groups -OCH3 is 1. The van der Waals surface area contributed by atoms with E-state index in [-0.39, 0.29) is 12.4 Å². The third-order valence-corrected chi connectivity index (χ3v) is 3.60. The summed E-state index contributed by atoms with van der Waals surface area (Å²) < 4.78 is 11.4. The number of hydrogen-bond acceptors (Lipinski definition) is 5. The van der Waals surface area contributed by atoms with Gasteiger partial charge in [-0.05, 0) is 36.4 Å². The largest absolute Gasteiger partial charge is 0.507 e. The zero-order chi connectivity index (χ0) is 17.5. The highest BCUT2D eigenvalue weighted by molar-refractivity contribution is 9.10. The number of phenolic OH excluding ortho intramolecular Hbond substituents is 1. The summed E-state index contributed by atoms with van der Waals surface area (Å²) in [7, 11) is 1.51. The van der Waals surface area contributed by atoms with E-state index in [0.717, 1.165) is 4.47 Å². The number of rotatable bonds is 6. The molecule has 0 bridgehead atoms. The Kier molecular flexibility index (Phi) is 6.45. The zero-order valence-corrected chi connectivity index (χ0v) is 15.0. The Labute approximate surface area is 152 Å². The van der Waals surface area contributed by atoms with E-state index >= 15 is 0 Å². The molecule has 2 aromatic carbocycles. The Hall–Kier alpha value is -2.25. The van der Waals surface area contributed by atoms with Crippen molar-refractivity contribution in [2.24, 2.45) is 5.10 Å². The molecule has 0 atom stereocenters. The van der Waals surface area contributed by atoms with Crippen molar-refractivity contribution in [1.29, 1.82) is 0 Å². The molecule has 0 aliphatic rings. The summed E-state index contributed by atoms with van der Waals surface area (Å²) in [5, 5.41) is 13.8. The third kappa shape index (κ3) is 5.14. The van der Waals surface area contributed by atoms with Crippen molar-refractivity contribution in [3.63, 3.8) is 0 Å². The molecule has 0 unspecified atom stereocenters. The first-order valence-corrected chi connectivity index (χ1v) is 7.93. The number of amides is 1. The SMILES string of the molecule is COc1cc(Br)ccc1OCC(=O)N/N=C/c1cc(Cl)ccc1O. The average molecular weight is 414 g/mol. The van der Waals surface area contributed by atoms with E-state index in [9.17, 15) is 9.90 Å². The number of carbonyl (C=O) groups excluding carboxylic acids is 1. The van der Waals surface area contributed by atoms with Crippen molar-refractivity contribution in [1.82, 2.24) is 5.43 Å². The van der Waals surface area contributed by atoms with Crippen LogP contribution in [0.1, 0.15) is 5.56 Å². The van der Waals surface area contributed by atoms with Gasteiger partial charge in [-0.15, -0.1) is 0 Å². The summed E-state index contributed by atoms with van der Waals surface area (Å²) in [6.07, 6.45) is 1.29. The van der Waals surface area contributed by atoms with E-state index in [1.54, 1.807) is 24.3 Å². The second kappa shape index (κ2) is 8.56. The highest BCUT2D eigenvalue weighted by Gasteiger charge is 2.07. The summed E-state index contributed by atoms with van der Waals surface area (Å²) in [5.41, 5.74) is 2.69. The Balaban J connectivity index is 1.90. The maximum Gasteiger partial charge on any atom is 0.277 e. The Morgan fingerprint density at radius 1 is 1.33 bits per heavy atom. The normalized spacial score (nSPS) is 10.6. The van der Waals surface area contributed by atoms with Gasteiger partial charge in [-0.25, -0.2) is 5.43 Å². The Morgan fingerprint density at radius 3 is 2.88 bits per heavy atom. The highest BCUT2D eigenvalue weighted by Crippen LogP contribution is 2.30. The predicted octanol–water partition coefficient (Wildman–Crippen LogP) is 3.35. The quantitative estimate of drug-likeness (QED) is 0.562. The van der Waals surface area contributed by atoms with Crippen molar-refractivity contribution < 1.29 is 19.4 Å². The van der Waals surface area contributed by atoms with Gasteiger partial charge in [0, 0.05) is 15.1 Å². The van der Waals surface area contributed by atoms with E-state index in [0.29, 0.717) is 22.1 Å². The Morgan fingerprint density at radius 2 is 2.12 bits per heavy atom. The number of phenols is 1. The van der Waals surface area contributed by atoms with Gasteiger partial charge in [-0.1, -0.05) is 27.5 Å². The van der Waals surface area contributed by atoms with E-state index in [1.165, 1.54) is 25.5 Å². The molecule has 2 rings (SSSR count). The van der Waals surface area contributed by atoms with Gasteiger partial charge in [0.2, 0.25) is 0 Å². The average Bonchev–Trinajstić information content (AvgIpc) is 2.56. The fourth-order valence-electron chi connectivity index (χ4n) is 1.74. The standard InChI is InChI=1S/C16H14BrClN2O4/c1-23-15-7-11(17)2-5-14(15)24-9-16(22)20-19-8-10-6-12(18)3-4-13(10)21/h2-8,21H,9H2,1H3,(H,20,22)/b19-8+. The second-order valence-corrected chi connectivity index (χ2v) is 5.93. The van der Waals surface area contributed by atoms with Crippen LogP contribution < -0.4 is 14.9 Å². The van der Waals surface area contributed by atoms with Gasteiger partial charge in [-0.2, -0.15) is 5.10 Å². The number of halogens is 2. The number of benzene rings is 2. The van der Waals surface area contributed by atoms with Crippen molar-refractivity contribution in [2.75, 3.05) is 13.7 Å². The maximum atomic E-state index is 11.7. The predicted molar refractivity (Wildman–Crippen MR) is 95.0 cm³/mol. The van der Waals surface area contributed by atoms with Gasteiger partial charge in [0.1, 0.15) is 5.75 Å². The summed E-state index contributed by atoms with van der Waals surface area (Å²) >= 11 is 9.14. The van der Waals surface area contributed by atoms with Gasteiger partial charge in [0.15, 0.2) is 18.1 Å². The molecule has 0 aliphatic heterocycles. The van der Waals surface area contributed by atoms with Crippen LogP contribution in [0, 0.1) is 0 Å². The lowest BCUT2D eigenvalue weighted by Crippen LogP contribution is -2.24. The lowest BCUT2D eigenvalue weighted by atomic mass is 10.2. The first kappa shape index (κ1) is 18.1. The fourth-order valence-corrected chi connectivity index (χ4v) is 2.26. The van der Waals surface area contributed by atoms with Crippen molar-refractivity contribution in [3.8, 4) is 17.2 Å². The number of aromatic hydroxyl groups is 1. The first-order valence-electron chi connectivity index (χ1n) is 6.76. The van der Waals surface area contributed by atoms with Crippen LogP contribution in [-0.2, 0) is 4.79 Å².